The summed E-state index contributed by atoms with van der Waals surface area (Å²) in [6, 6.07) is 26.0. The number of fused-ring (bicyclic) bond motifs is 1. The molecular formula is C22H22N2. The van der Waals surface area contributed by atoms with Crippen molar-refractivity contribution in [1.82, 2.24) is 0 Å². The molecule has 0 saturated heterocycles. The molecule has 0 saturated carbocycles. The van der Waals surface area contributed by atoms with Crippen molar-refractivity contribution in [3.63, 3.8) is 0 Å². The number of aryl methyl sites for hydroxylation is 1. The lowest BCUT2D eigenvalue weighted by Crippen LogP contribution is -2.35. The molecule has 0 aliphatic carbocycles. The van der Waals surface area contributed by atoms with Gasteiger partial charge in [0.05, 0.1) is 11.4 Å². The zero-order valence-corrected chi connectivity index (χ0v) is 14.4. The Morgan fingerprint density at radius 1 is 0.708 bits per heavy atom. The number of nitrogens with zero attached hydrogens (tertiary/aromatic N) is 2. The van der Waals surface area contributed by atoms with Gasteiger partial charge in [0.15, 0.2) is 0 Å². The van der Waals surface area contributed by atoms with Crippen molar-refractivity contribution in [2.24, 2.45) is 0 Å². The molecule has 1 heterocycles. The Kier molecular flexibility index (Phi) is 3.53. The van der Waals surface area contributed by atoms with Crippen LogP contribution in [0.4, 0.5) is 17.1 Å². The number of hydrogen-bond acceptors (Lipinski definition) is 2. The predicted octanol–water partition coefficient (Wildman–Crippen LogP) is 5.60. The summed E-state index contributed by atoms with van der Waals surface area (Å²) >= 11 is 0. The normalized spacial score (nSPS) is 16.4. The van der Waals surface area contributed by atoms with Gasteiger partial charge in [-0.3, -0.25) is 0 Å². The minimum absolute atomic E-state index is 0.309. The Morgan fingerprint density at radius 3 is 2.08 bits per heavy atom. The first-order valence-electron chi connectivity index (χ1n) is 8.44. The van der Waals surface area contributed by atoms with E-state index in [0.29, 0.717) is 6.17 Å². The van der Waals surface area contributed by atoms with Crippen LogP contribution in [0.1, 0.15) is 12.5 Å². The van der Waals surface area contributed by atoms with E-state index in [1.54, 1.807) is 0 Å². The van der Waals surface area contributed by atoms with Crippen molar-refractivity contribution in [2.75, 3.05) is 16.8 Å². The van der Waals surface area contributed by atoms with E-state index in [0.717, 1.165) is 0 Å². The fourth-order valence-corrected chi connectivity index (χ4v) is 3.61. The molecule has 1 aliphatic heterocycles. The number of hydrogen-bond donors (Lipinski definition) is 0. The van der Waals surface area contributed by atoms with E-state index in [1.807, 2.05) is 0 Å². The molecule has 2 nitrogen and oxygen atoms in total. The van der Waals surface area contributed by atoms with E-state index in [1.165, 1.54) is 33.8 Å². The van der Waals surface area contributed by atoms with Gasteiger partial charge < -0.3 is 9.80 Å². The molecule has 2 heteroatoms. The fraction of sp³-hybridized carbons (Fsp3) is 0.182. The van der Waals surface area contributed by atoms with Crippen molar-refractivity contribution >= 4 is 17.1 Å². The Labute approximate surface area is 144 Å². The van der Waals surface area contributed by atoms with Crippen molar-refractivity contribution in [3.8, 4) is 11.1 Å². The second kappa shape index (κ2) is 5.72. The second-order valence-electron chi connectivity index (χ2n) is 6.47. The number of benzene rings is 3. The zero-order valence-electron chi connectivity index (χ0n) is 14.4. The third kappa shape index (κ3) is 2.26. The highest BCUT2D eigenvalue weighted by atomic mass is 15.4. The Bertz CT molecular complexity index is 870. The van der Waals surface area contributed by atoms with E-state index >= 15 is 0 Å². The lowest BCUT2D eigenvalue weighted by atomic mass is 10.0. The maximum atomic E-state index is 2.43. The maximum Gasteiger partial charge on any atom is 0.103 e. The largest absolute Gasteiger partial charge is 0.353 e. The van der Waals surface area contributed by atoms with Crippen LogP contribution in [0.3, 0.4) is 0 Å². The standard InChI is InChI=1S/C22H22N2/c1-16-15-19(18-9-5-4-6-10-18)13-14-20(16)24-17(2)23(3)21-11-7-8-12-22(21)24/h4-15,17H,1-3H3. The third-order valence-corrected chi connectivity index (χ3v) is 5.02. The highest BCUT2D eigenvalue weighted by Gasteiger charge is 2.31. The highest BCUT2D eigenvalue weighted by molar-refractivity contribution is 5.85. The van der Waals surface area contributed by atoms with Gasteiger partial charge in [0.2, 0.25) is 0 Å². The van der Waals surface area contributed by atoms with E-state index in [9.17, 15) is 0 Å². The van der Waals surface area contributed by atoms with Gasteiger partial charge in [0, 0.05) is 12.7 Å². The van der Waals surface area contributed by atoms with Gasteiger partial charge in [-0.2, -0.15) is 0 Å². The molecule has 1 atom stereocenters. The molecule has 24 heavy (non-hydrogen) atoms. The third-order valence-electron chi connectivity index (χ3n) is 5.02. The molecule has 1 unspecified atom stereocenters. The lowest BCUT2D eigenvalue weighted by molar-refractivity contribution is 0.732. The minimum Gasteiger partial charge on any atom is -0.353 e. The van der Waals surface area contributed by atoms with Crippen LogP contribution in [0, 0.1) is 6.92 Å². The zero-order chi connectivity index (χ0) is 16.7. The SMILES string of the molecule is Cc1cc(-c2ccccc2)ccc1N1c2ccccc2N(C)C1C. The number of anilines is 3. The molecule has 0 fully saturated rings. The summed E-state index contributed by atoms with van der Waals surface area (Å²) in [4.78, 5) is 4.76. The summed E-state index contributed by atoms with van der Waals surface area (Å²) in [5, 5.41) is 0. The molecule has 0 radical (unpaired) electrons. The van der Waals surface area contributed by atoms with Crippen LogP contribution >= 0.6 is 0 Å². The topological polar surface area (TPSA) is 6.48 Å². The highest BCUT2D eigenvalue weighted by Crippen LogP contribution is 2.44. The molecule has 1 aliphatic rings. The van der Waals surface area contributed by atoms with E-state index in [4.69, 9.17) is 0 Å². The van der Waals surface area contributed by atoms with Gasteiger partial charge >= 0.3 is 0 Å². The average Bonchev–Trinajstić information content (AvgIpc) is 2.87. The van der Waals surface area contributed by atoms with Gasteiger partial charge in [-0.1, -0.05) is 48.5 Å². The van der Waals surface area contributed by atoms with Gasteiger partial charge in [0.25, 0.3) is 0 Å². The van der Waals surface area contributed by atoms with Crippen LogP contribution in [-0.2, 0) is 0 Å². The van der Waals surface area contributed by atoms with Crippen molar-refractivity contribution < 1.29 is 0 Å². The van der Waals surface area contributed by atoms with Crippen LogP contribution in [0.2, 0.25) is 0 Å². The van der Waals surface area contributed by atoms with Crippen LogP contribution in [0.15, 0.2) is 72.8 Å². The lowest BCUT2D eigenvalue weighted by Gasteiger charge is -2.29. The second-order valence-corrected chi connectivity index (χ2v) is 6.47. The predicted molar refractivity (Wildman–Crippen MR) is 103 cm³/mol. The quantitative estimate of drug-likeness (QED) is 0.608. The summed E-state index contributed by atoms with van der Waals surface area (Å²) in [6.45, 7) is 4.46. The first-order chi connectivity index (χ1) is 11.7. The monoisotopic (exact) mass is 314 g/mol. The van der Waals surface area contributed by atoms with Gasteiger partial charge in [-0.05, 0) is 54.8 Å². The van der Waals surface area contributed by atoms with E-state index in [2.05, 4.69) is 103 Å². The Hall–Kier alpha value is -2.74. The summed E-state index contributed by atoms with van der Waals surface area (Å²) < 4.78 is 0. The molecule has 0 N–H and O–H groups in total. The summed E-state index contributed by atoms with van der Waals surface area (Å²) in [5.41, 5.74) is 7.68. The molecule has 0 amide bonds. The van der Waals surface area contributed by atoms with Crippen LogP contribution in [0.5, 0.6) is 0 Å². The van der Waals surface area contributed by atoms with Crippen LogP contribution in [0.25, 0.3) is 11.1 Å². The fourth-order valence-electron chi connectivity index (χ4n) is 3.61. The average molecular weight is 314 g/mol. The Morgan fingerprint density at radius 2 is 1.38 bits per heavy atom. The Balaban J connectivity index is 1.78. The summed E-state index contributed by atoms with van der Waals surface area (Å²) in [7, 11) is 2.16. The van der Waals surface area contributed by atoms with Crippen molar-refractivity contribution in [3.05, 3.63) is 78.4 Å². The molecular weight excluding hydrogens is 292 g/mol. The van der Waals surface area contributed by atoms with Gasteiger partial charge in [-0.25, -0.2) is 0 Å². The van der Waals surface area contributed by atoms with E-state index < -0.39 is 0 Å². The summed E-state index contributed by atoms with van der Waals surface area (Å²) in [5.74, 6) is 0. The van der Waals surface area contributed by atoms with Gasteiger partial charge in [0.1, 0.15) is 6.17 Å². The molecule has 4 rings (SSSR count). The molecule has 120 valence electrons. The number of rotatable bonds is 2. The molecule has 3 aromatic rings. The smallest absolute Gasteiger partial charge is 0.103 e. The number of para-hydroxylation sites is 2. The minimum atomic E-state index is 0.309. The van der Waals surface area contributed by atoms with Crippen molar-refractivity contribution in [2.45, 2.75) is 20.0 Å². The molecule has 3 aromatic carbocycles. The van der Waals surface area contributed by atoms with Crippen molar-refractivity contribution in [1.29, 1.82) is 0 Å². The van der Waals surface area contributed by atoms with Gasteiger partial charge in [-0.15, -0.1) is 0 Å². The molecule has 0 aromatic heterocycles. The van der Waals surface area contributed by atoms with Crippen LogP contribution < -0.4 is 9.80 Å². The first kappa shape index (κ1) is 14.8. The van der Waals surface area contributed by atoms with Crippen LogP contribution in [-0.4, -0.2) is 13.2 Å². The van der Waals surface area contributed by atoms with E-state index in [-0.39, 0.29) is 0 Å². The molecule has 0 bridgehead atoms. The molecule has 0 spiro atoms. The maximum absolute atomic E-state index is 2.43. The summed E-state index contributed by atoms with van der Waals surface area (Å²) in [6.07, 6.45) is 0.309. The first-order valence-corrected chi connectivity index (χ1v) is 8.44.